The summed E-state index contributed by atoms with van der Waals surface area (Å²) in [5.74, 6) is -1.99. The number of rotatable bonds is 3. The average Bonchev–Trinajstić information content (AvgIpc) is 2.45. The normalized spacial score (nSPS) is 19.0. The maximum Gasteiger partial charge on any atom is 0.418 e. The van der Waals surface area contributed by atoms with Crippen LogP contribution in [0, 0.1) is 0 Å². The fourth-order valence-electron chi connectivity index (χ4n) is 2.18. The highest BCUT2D eigenvalue weighted by molar-refractivity contribution is 5.94. The van der Waals surface area contributed by atoms with Gasteiger partial charge in [-0.2, -0.15) is 13.2 Å². The summed E-state index contributed by atoms with van der Waals surface area (Å²) in [7, 11) is 0. The molecule has 0 radical (unpaired) electrons. The van der Waals surface area contributed by atoms with Crippen LogP contribution < -0.4 is 0 Å². The summed E-state index contributed by atoms with van der Waals surface area (Å²) in [6, 6.07) is 1.89. The molecule has 0 bridgehead atoms. The van der Waals surface area contributed by atoms with E-state index >= 15 is 0 Å². The Morgan fingerprint density at radius 2 is 2.18 bits per heavy atom. The van der Waals surface area contributed by atoms with Crippen LogP contribution in [0.4, 0.5) is 13.2 Å². The van der Waals surface area contributed by atoms with E-state index in [1.165, 1.54) is 0 Å². The lowest BCUT2D eigenvalue weighted by Crippen LogP contribution is -2.46. The van der Waals surface area contributed by atoms with Crippen LogP contribution in [-0.4, -0.2) is 52.7 Å². The maximum atomic E-state index is 12.9. The largest absolute Gasteiger partial charge is 0.481 e. The first-order valence-corrected chi connectivity index (χ1v) is 6.44. The van der Waals surface area contributed by atoms with E-state index in [4.69, 9.17) is 9.84 Å². The van der Waals surface area contributed by atoms with Crippen molar-refractivity contribution in [1.29, 1.82) is 0 Å². The van der Waals surface area contributed by atoms with Crippen molar-refractivity contribution >= 4 is 11.9 Å². The van der Waals surface area contributed by atoms with Crippen LogP contribution in [0.3, 0.4) is 0 Å². The number of carbonyl (C=O) groups excluding carboxylic acids is 1. The van der Waals surface area contributed by atoms with Gasteiger partial charge in [-0.25, -0.2) is 0 Å². The smallest absolute Gasteiger partial charge is 0.418 e. The molecular formula is C13H13F3N2O4. The number of pyridine rings is 1. The minimum absolute atomic E-state index is 0.0673. The van der Waals surface area contributed by atoms with E-state index in [2.05, 4.69) is 4.98 Å². The molecule has 1 fully saturated rings. The molecule has 1 aromatic heterocycles. The maximum absolute atomic E-state index is 12.9. The van der Waals surface area contributed by atoms with Gasteiger partial charge in [0, 0.05) is 19.3 Å². The Labute approximate surface area is 123 Å². The summed E-state index contributed by atoms with van der Waals surface area (Å²) < 4.78 is 43.9. The molecule has 1 saturated heterocycles. The Morgan fingerprint density at radius 3 is 2.82 bits per heavy atom. The first kappa shape index (κ1) is 16.2. The number of hydrogen-bond donors (Lipinski definition) is 1. The quantitative estimate of drug-likeness (QED) is 0.911. The molecule has 2 rings (SSSR count). The number of morpholine rings is 1. The second kappa shape index (κ2) is 6.30. The zero-order chi connectivity index (χ0) is 16.3. The number of carboxylic acid groups (broad SMARTS) is 1. The Morgan fingerprint density at radius 1 is 1.45 bits per heavy atom. The summed E-state index contributed by atoms with van der Waals surface area (Å²) in [6.45, 7) is 0.0691. The number of aliphatic carboxylic acids is 1. The Hall–Kier alpha value is -2.16. The zero-order valence-corrected chi connectivity index (χ0v) is 11.3. The second-order valence-corrected chi connectivity index (χ2v) is 4.74. The molecule has 22 heavy (non-hydrogen) atoms. The topological polar surface area (TPSA) is 79.7 Å². The van der Waals surface area contributed by atoms with Gasteiger partial charge in [0.05, 0.1) is 24.7 Å². The van der Waals surface area contributed by atoms with Crippen molar-refractivity contribution in [1.82, 2.24) is 9.88 Å². The Kier molecular flexibility index (Phi) is 4.65. The molecule has 1 aliphatic rings. The number of nitrogens with zero attached hydrogens (tertiary/aromatic N) is 2. The van der Waals surface area contributed by atoms with Crippen molar-refractivity contribution in [3.05, 3.63) is 29.6 Å². The number of amides is 1. The molecule has 0 aliphatic carbocycles. The fourth-order valence-corrected chi connectivity index (χ4v) is 2.18. The van der Waals surface area contributed by atoms with Crippen LogP contribution in [0.15, 0.2) is 18.3 Å². The molecule has 1 aliphatic heterocycles. The highest BCUT2D eigenvalue weighted by Crippen LogP contribution is 2.31. The summed E-state index contributed by atoms with van der Waals surface area (Å²) in [4.78, 5) is 27.6. The van der Waals surface area contributed by atoms with E-state index in [0.717, 1.165) is 23.2 Å². The number of halogens is 3. The molecule has 0 aromatic carbocycles. The van der Waals surface area contributed by atoms with Gasteiger partial charge in [0.15, 0.2) is 0 Å². The molecule has 1 atom stereocenters. The van der Waals surface area contributed by atoms with E-state index in [9.17, 15) is 22.8 Å². The highest BCUT2D eigenvalue weighted by atomic mass is 19.4. The SMILES string of the molecule is O=C(O)CC1CN(C(=O)c2ncccc2C(F)(F)F)CCO1. The third kappa shape index (κ3) is 3.73. The molecule has 2 heterocycles. The van der Waals surface area contributed by atoms with Crippen molar-refractivity contribution in [2.75, 3.05) is 19.7 Å². The zero-order valence-electron chi connectivity index (χ0n) is 11.3. The molecule has 1 N–H and O–H groups in total. The van der Waals surface area contributed by atoms with Crippen LogP contribution in [0.2, 0.25) is 0 Å². The summed E-state index contributed by atoms with van der Waals surface area (Å²) in [5.41, 5.74) is -1.80. The van der Waals surface area contributed by atoms with Crippen LogP contribution in [0.25, 0.3) is 0 Å². The van der Waals surface area contributed by atoms with E-state index in [0.29, 0.717) is 0 Å². The highest BCUT2D eigenvalue weighted by Gasteiger charge is 2.38. The third-order valence-corrected chi connectivity index (χ3v) is 3.14. The average molecular weight is 318 g/mol. The van der Waals surface area contributed by atoms with Gasteiger partial charge < -0.3 is 14.7 Å². The predicted molar refractivity (Wildman–Crippen MR) is 67.1 cm³/mol. The lowest BCUT2D eigenvalue weighted by atomic mass is 10.1. The van der Waals surface area contributed by atoms with Crippen molar-refractivity contribution < 1.29 is 32.6 Å². The van der Waals surface area contributed by atoms with Gasteiger partial charge in [0.2, 0.25) is 0 Å². The number of hydrogen-bond acceptors (Lipinski definition) is 4. The van der Waals surface area contributed by atoms with Crippen LogP contribution in [0.5, 0.6) is 0 Å². The fraction of sp³-hybridized carbons (Fsp3) is 0.462. The standard InChI is InChI=1S/C13H13F3N2O4/c14-13(15,16)9-2-1-3-17-11(9)12(21)18-4-5-22-8(7-18)6-10(19)20/h1-3,8H,4-7H2,(H,19,20). The number of aromatic nitrogens is 1. The Bertz CT molecular complexity index is 577. The molecule has 1 unspecified atom stereocenters. The summed E-state index contributed by atoms with van der Waals surface area (Å²) >= 11 is 0. The van der Waals surface area contributed by atoms with Gasteiger partial charge in [-0.05, 0) is 12.1 Å². The van der Waals surface area contributed by atoms with Crippen LogP contribution >= 0.6 is 0 Å². The van der Waals surface area contributed by atoms with Gasteiger partial charge in [0.25, 0.3) is 5.91 Å². The number of ether oxygens (including phenoxy) is 1. The lowest BCUT2D eigenvalue weighted by Gasteiger charge is -2.32. The van der Waals surface area contributed by atoms with Gasteiger partial charge in [-0.15, -0.1) is 0 Å². The molecule has 0 spiro atoms. The predicted octanol–water partition coefficient (Wildman–Crippen LogP) is 1.42. The molecule has 120 valence electrons. The molecule has 1 amide bonds. The lowest BCUT2D eigenvalue weighted by molar-refractivity contribution is -0.141. The summed E-state index contributed by atoms with van der Waals surface area (Å²) in [6.07, 6.45) is -4.64. The van der Waals surface area contributed by atoms with Crippen molar-refractivity contribution in [3.8, 4) is 0 Å². The number of alkyl halides is 3. The number of carboxylic acids is 1. The minimum Gasteiger partial charge on any atom is -0.481 e. The molecular weight excluding hydrogens is 305 g/mol. The van der Waals surface area contributed by atoms with Crippen molar-refractivity contribution in [2.24, 2.45) is 0 Å². The van der Waals surface area contributed by atoms with Crippen molar-refractivity contribution in [2.45, 2.75) is 18.7 Å². The van der Waals surface area contributed by atoms with Crippen molar-refractivity contribution in [3.63, 3.8) is 0 Å². The number of carbonyl (C=O) groups is 2. The Balaban J connectivity index is 2.20. The molecule has 0 saturated carbocycles. The first-order chi connectivity index (χ1) is 10.3. The first-order valence-electron chi connectivity index (χ1n) is 6.44. The van der Waals surface area contributed by atoms with E-state index in [1.54, 1.807) is 0 Å². The van der Waals surface area contributed by atoms with E-state index in [1.807, 2.05) is 0 Å². The van der Waals surface area contributed by atoms with Crippen LogP contribution in [-0.2, 0) is 15.7 Å². The minimum atomic E-state index is -4.69. The molecule has 1 aromatic rings. The third-order valence-electron chi connectivity index (χ3n) is 3.14. The van der Waals surface area contributed by atoms with Crippen LogP contribution in [0.1, 0.15) is 22.5 Å². The van der Waals surface area contributed by atoms with E-state index in [-0.39, 0.29) is 26.1 Å². The molecule has 6 nitrogen and oxygen atoms in total. The van der Waals surface area contributed by atoms with Gasteiger partial charge in [-0.1, -0.05) is 0 Å². The van der Waals surface area contributed by atoms with Gasteiger partial charge >= 0.3 is 12.1 Å². The van der Waals surface area contributed by atoms with Gasteiger partial charge in [0.1, 0.15) is 5.69 Å². The van der Waals surface area contributed by atoms with E-state index < -0.39 is 35.4 Å². The monoisotopic (exact) mass is 318 g/mol. The summed E-state index contributed by atoms with van der Waals surface area (Å²) in [5, 5.41) is 8.71. The second-order valence-electron chi connectivity index (χ2n) is 4.74. The molecule has 9 heteroatoms. The van der Waals surface area contributed by atoms with Gasteiger partial charge in [-0.3, -0.25) is 14.6 Å².